The molecule has 3 heteroatoms. The third-order valence-electron chi connectivity index (χ3n) is 3.88. The van der Waals surface area contributed by atoms with Crippen molar-refractivity contribution < 1.29 is 4.79 Å². The fraction of sp³-hybridized carbons (Fsp3) is 0.174. The Morgan fingerprint density at radius 2 is 1.19 bits per heavy atom. The lowest BCUT2D eigenvalue weighted by Gasteiger charge is -2.20. The van der Waals surface area contributed by atoms with Crippen molar-refractivity contribution in [1.82, 2.24) is 0 Å². The summed E-state index contributed by atoms with van der Waals surface area (Å²) in [5.41, 5.74) is 1.91. The van der Waals surface area contributed by atoms with Crippen molar-refractivity contribution in [2.24, 2.45) is 0 Å². The smallest absolute Gasteiger partial charge is 0.150 e. The number of aldehydes is 1. The Labute approximate surface area is 160 Å². The van der Waals surface area contributed by atoms with Crippen LogP contribution < -0.4 is 4.90 Å². The lowest BCUT2D eigenvalue weighted by molar-refractivity contribution is 0.112. The number of benzene rings is 3. The zero-order valence-corrected chi connectivity index (χ0v) is 16.2. The van der Waals surface area contributed by atoms with Crippen LogP contribution in [0.15, 0.2) is 94.7 Å². The lowest BCUT2D eigenvalue weighted by Crippen LogP contribution is -2.21. The first kappa shape index (κ1) is 19.8. The van der Waals surface area contributed by atoms with Crippen LogP contribution in [0.25, 0.3) is 0 Å². The van der Waals surface area contributed by atoms with E-state index in [-0.39, 0.29) is 0 Å². The molecule has 0 atom stereocenters. The van der Waals surface area contributed by atoms with Crippen LogP contribution in [0.3, 0.4) is 0 Å². The van der Waals surface area contributed by atoms with Gasteiger partial charge in [-0.1, -0.05) is 48.2 Å². The molecule has 3 rings (SSSR count). The van der Waals surface area contributed by atoms with E-state index in [9.17, 15) is 4.79 Å². The predicted octanol–water partition coefficient (Wildman–Crippen LogP) is 6.18. The predicted molar refractivity (Wildman–Crippen MR) is 112 cm³/mol. The fourth-order valence-electron chi connectivity index (χ4n) is 2.47. The molecule has 0 aliphatic heterocycles. The third kappa shape index (κ3) is 6.41. The summed E-state index contributed by atoms with van der Waals surface area (Å²) in [6, 6.07) is 28.5. The number of hydrogen-bond donors (Lipinski definition) is 0. The second-order valence-electron chi connectivity index (χ2n) is 5.61. The average molecular weight is 364 g/mol. The van der Waals surface area contributed by atoms with Crippen LogP contribution in [-0.4, -0.2) is 19.4 Å². The maximum Gasteiger partial charge on any atom is 0.150 e. The van der Waals surface area contributed by atoms with Crippen LogP contribution in [0, 0.1) is 0 Å². The molecule has 2 nitrogen and oxygen atoms in total. The molecule has 3 aromatic rings. The van der Waals surface area contributed by atoms with E-state index < -0.39 is 0 Å². The highest BCUT2D eigenvalue weighted by molar-refractivity contribution is 7.99. The molecule has 0 N–H and O–H groups in total. The Balaban J connectivity index is 0.000000187. The molecule has 0 aromatic heterocycles. The summed E-state index contributed by atoms with van der Waals surface area (Å²) in [4.78, 5) is 15.2. The highest BCUT2D eigenvalue weighted by atomic mass is 32.2. The molecule has 0 aliphatic carbocycles. The van der Waals surface area contributed by atoms with Crippen LogP contribution in [0.5, 0.6) is 0 Å². The van der Waals surface area contributed by atoms with E-state index in [0.717, 1.165) is 24.9 Å². The van der Waals surface area contributed by atoms with Gasteiger partial charge in [-0.05, 0) is 62.4 Å². The summed E-state index contributed by atoms with van der Waals surface area (Å²) in [6.45, 7) is 6.24. The van der Waals surface area contributed by atoms with E-state index in [0.29, 0.717) is 0 Å². The van der Waals surface area contributed by atoms with E-state index in [1.54, 1.807) is 11.8 Å². The number of nitrogens with zero attached hydrogens (tertiary/aromatic N) is 1. The van der Waals surface area contributed by atoms with Gasteiger partial charge in [0, 0.05) is 34.1 Å². The molecule has 0 bridgehead atoms. The number of carbonyl (C=O) groups excluding carboxylic acids is 1. The van der Waals surface area contributed by atoms with E-state index in [2.05, 4.69) is 67.3 Å². The van der Waals surface area contributed by atoms with Crippen LogP contribution in [-0.2, 0) is 0 Å². The molecule has 0 unspecified atom stereocenters. The maximum absolute atomic E-state index is 10.4. The average Bonchev–Trinajstić information content (AvgIpc) is 2.71. The van der Waals surface area contributed by atoms with Gasteiger partial charge < -0.3 is 4.90 Å². The minimum absolute atomic E-state index is 0.732. The standard InChI is InChI=1S/C12H10S.C11H15NO/c1-3-7-11(8-4-1)13-12-9-5-2-6-10-12;1-3-12(4-2)11-7-5-10(9-13)6-8-11/h1-10H;5-9H,3-4H2,1-2H3. The first-order valence-corrected chi connectivity index (χ1v) is 9.66. The molecular weight excluding hydrogens is 338 g/mol. The van der Waals surface area contributed by atoms with Crippen molar-refractivity contribution in [3.05, 3.63) is 90.5 Å². The second kappa shape index (κ2) is 11.2. The molecule has 0 saturated carbocycles. The van der Waals surface area contributed by atoms with Crippen molar-refractivity contribution in [3.63, 3.8) is 0 Å². The van der Waals surface area contributed by atoms with Crippen molar-refractivity contribution in [2.75, 3.05) is 18.0 Å². The van der Waals surface area contributed by atoms with E-state index >= 15 is 0 Å². The monoisotopic (exact) mass is 363 g/mol. The zero-order valence-electron chi connectivity index (χ0n) is 15.3. The van der Waals surface area contributed by atoms with Gasteiger partial charge in [0.05, 0.1) is 0 Å². The molecule has 26 heavy (non-hydrogen) atoms. The van der Waals surface area contributed by atoms with Crippen molar-refractivity contribution in [1.29, 1.82) is 0 Å². The normalized spacial score (nSPS) is 9.77. The summed E-state index contributed by atoms with van der Waals surface area (Å²) in [7, 11) is 0. The van der Waals surface area contributed by atoms with Gasteiger partial charge in [-0.3, -0.25) is 4.79 Å². The number of carbonyl (C=O) groups is 1. The second-order valence-corrected chi connectivity index (χ2v) is 6.76. The van der Waals surface area contributed by atoms with Crippen LogP contribution >= 0.6 is 11.8 Å². The Morgan fingerprint density at radius 1 is 0.731 bits per heavy atom. The molecule has 134 valence electrons. The number of hydrogen-bond acceptors (Lipinski definition) is 3. The van der Waals surface area contributed by atoms with E-state index in [1.165, 1.54) is 15.5 Å². The molecule has 0 amide bonds. The van der Waals surface area contributed by atoms with Crippen LogP contribution in [0.4, 0.5) is 5.69 Å². The Kier molecular flexibility index (Phi) is 8.50. The van der Waals surface area contributed by atoms with Crippen LogP contribution in [0.2, 0.25) is 0 Å². The van der Waals surface area contributed by atoms with Gasteiger partial charge in [-0.25, -0.2) is 0 Å². The highest BCUT2D eigenvalue weighted by Crippen LogP contribution is 2.26. The Bertz CT molecular complexity index is 716. The zero-order chi connectivity index (χ0) is 18.6. The Morgan fingerprint density at radius 3 is 1.58 bits per heavy atom. The first-order valence-electron chi connectivity index (χ1n) is 8.85. The van der Waals surface area contributed by atoms with Gasteiger partial charge in [-0.15, -0.1) is 0 Å². The molecule has 0 heterocycles. The summed E-state index contributed by atoms with van der Waals surface area (Å²) in [5, 5.41) is 0. The minimum Gasteiger partial charge on any atom is -0.372 e. The first-order chi connectivity index (χ1) is 12.8. The largest absolute Gasteiger partial charge is 0.372 e. The quantitative estimate of drug-likeness (QED) is 0.488. The maximum atomic E-state index is 10.4. The van der Waals surface area contributed by atoms with Crippen molar-refractivity contribution in [3.8, 4) is 0 Å². The summed E-state index contributed by atoms with van der Waals surface area (Å²) in [5.74, 6) is 0. The van der Waals surface area contributed by atoms with Gasteiger partial charge in [0.1, 0.15) is 6.29 Å². The van der Waals surface area contributed by atoms with Gasteiger partial charge in [-0.2, -0.15) is 0 Å². The third-order valence-corrected chi connectivity index (χ3v) is 4.90. The van der Waals surface area contributed by atoms with Gasteiger partial charge in [0.15, 0.2) is 0 Å². The molecule has 0 saturated heterocycles. The molecule has 3 aromatic carbocycles. The van der Waals surface area contributed by atoms with E-state index in [4.69, 9.17) is 0 Å². The number of anilines is 1. The summed E-state index contributed by atoms with van der Waals surface area (Å²) in [6.07, 6.45) is 0.867. The molecule has 0 radical (unpaired) electrons. The van der Waals surface area contributed by atoms with Gasteiger partial charge in [0.25, 0.3) is 0 Å². The van der Waals surface area contributed by atoms with Gasteiger partial charge in [0.2, 0.25) is 0 Å². The summed E-state index contributed by atoms with van der Waals surface area (Å²) < 4.78 is 0. The number of rotatable bonds is 6. The molecule has 0 aliphatic rings. The SMILES string of the molecule is CCN(CC)c1ccc(C=O)cc1.c1ccc(Sc2ccccc2)cc1. The van der Waals surface area contributed by atoms with Crippen molar-refractivity contribution >= 4 is 23.7 Å². The van der Waals surface area contributed by atoms with Crippen LogP contribution in [0.1, 0.15) is 24.2 Å². The van der Waals surface area contributed by atoms with Gasteiger partial charge >= 0.3 is 0 Å². The topological polar surface area (TPSA) is 20.3 Å². The molecule has 0 spiro atoms. The summed E-state index contributed by atoms with van der Waals surface area (Å²) >= 11 is 1.79. The van der Waals surface area contributed by atoms with Crippen molar-refractivity contribution in [2.45, 2.75) is 23.6 Å². The lowest BCUT2D eigenvalue weighted by atomic mass is 10.2. The fourth-order valence-corrected chi connectivity index (χ4v) is 3.32. The van der Waals surface area contributed by atoms with E-state index in [1.807, 2.05) is 36.4 Å². The minimum atomic E-state index is 0.732. The Hall–Kier alpha value is -2.52. The highest BCUT2D eigenvalue weighted by Gasteiger charge is 2.00. The molecule has 0 fully saturated rings. The molecular formula is C23H25NOS.